The highest BCUT2D eigenvalue weighted by Crippen LogP contribution is 2.32. The monoisotopic (exact) mass is 402 g/mol. The van der Waals surface area contributed by atoms with E-state index in [0.29, 0.717) is 25.6 Å². The maximum absolute atomic E-state index is 14.1. The van der Waals surface area contributed by atoms with Crippen molar-refractivity contribution in [3.05, 3.63) is 53.7 Å². The fourth-order valence-corrected chi connectivity index (χ4v) is 2.93. The van der Waals surface area contributed by atoms with E-state index in [-0.39, 0.29) is 23.0 Å². The highest BCUT2D eigenvalue weighted by atomic mass is 19.1. The predicted octanol–water partition coefficient (Wildman–Crippen LogP) is 3.71. The van der Waals surface area contributed by atoms with E-state index in [1.54, 1.807) is 25.4 Å². The van der Waals surface area contributed by atoms with Gasteiger partial charge in [-0.1, -0.05) is 13.8 Å². The molecule has 0 saturated carbocycles. The van der Waals surface area contributed by atoms with Gasteiger partial charge in [0.05, 0.1) is 17.3 Å². The van der Waals surface area contributed by atoms with Crippen LogP contribution >= 0.6 is 0 Å². The molecule has 1 heterocycles. The zero-order valence-corrected chi connectivity index (χ0v) is 16.6. The molecule has 3 aromatic rings. The van der Waals surface area contributed by atoms with Crippen molar-refractivity contribution in [3.8, 4) is 11.5 Å². The summed E-state index contributed by atoms with van der Waals surface area (Å²) in [6.07, 6.45) is 1.67. The summed E-state index contributed by atoms with van der Waals surface area (Å²) < 4.78 is 34.8. The molecular weight excluding hydrogens is 378 g/mol. The van der Waals surface area contributed by atoms with Crippen molar-refractivity contribution < 1.29 is 18.3 Å². The first-order valence-electron chi connectivity index (χ1n) is 9.44. The first kappa shape index (κ1) is 20.7. The summed E-state index contributed by atoms with van der Waals surface area (Å²) in [4.78, 5) is 12.8. The number of rotatable bonds is 8. The Hall–Kier alpha value is -3.00. The minimum absolute atomic E-state index is 0.162. The third-order valence-electron chi connectivity index (χ3n) is 4.30. The minimum Gasteiger partial charge on any atom is -0.453 e. The Labute approximate surface area is 167 Å². The molecule has 0 fully saturated rings. The zero-order chi connectivity index (χ0) is 21.0. The molecule has 29 heavy (non-hydrogen) atoms. The molecule has 0 aliphatic heterocycles. The molecule has 154 valence electrons. The lowest BCUT2D eigenvalue weighted by molar-refractivity contribution is 0.0952. The molecule has 0 unspecified atom stereocenters. The van der Waals surface area contributed by atoms with Gasteiger partial charge in [-0.25, -0.2) is 8.78 Å². The van der Waals surface area contributed by atoms with Crippen LogP contribution in [0, 0.1) is 17.6 Å². The number of carbonyl (C=O) groups excluding carboxylic acids is 1. The second kappa shape index (κ2) is 9.00. The molecule has 0 aliphatic rings. The number of hydrogen-bond acceptors (Lipinski definition) is 4. The summed E-state index contributed by atoms with van der Waals surface area (Å²) in [6.45, 7) is 5.86. The van der Waals surface area contributed by atoms with E-state index in [2.05, 4.69) is 29.6 Å². The summed E-state index contributed by atoms with van der Waals surface area (Å²) >= 11 is 0. The summed E-state index contributed by atoms with van der Waals surface area (Å²) in [5.74, 6) is -1.52. The molecule has 0 bridgehead atoms. The Morgan fingerprint density at radius 1 is 1.17 bits per heavy atom. The van der Waals surface area contributed by atoms with Crippen molar-refractivity contribution in [3.63, 3.8) is 0 Å². The lowest BCUT2D eigenvalue weighted by Crippen LogP contribution is -2.30. The van der Waals surface area contributed by atoms with Crippen molar-refractivity contribution >= 4 is 16.8 Å². The lowest BCUT2D eigenvalue weighted by atomic mass is 10.1. The summed E-state index contributed by atoms with van der Waals surface area (Å²) in [7, 11) is 1.79. The summed E-state index contributed by atoms with van der Waals surface area (Å²) in [5.41, 5.74) is 1.03. The Balaban J connectivity index is 2.03. The maximum Gasteiger partial charge on any atom is 0.255 e. The number of nitrogens with zero attached hydrogens (tertiary/aromatic N) is 2. The van der Waals surface area contributed by atoms with Crippen molar-refractivity contribution in [2.75, 3.05) is 20.1 Å². The molecule has 0 aliphatic carbocycles. The zero-order valence-electron chi connectivity index (χ0n) is 16.6. The molecule has 0 spiro atoms. The molecule has 8 heteroatoms. The normalized spacial score (nSPS) is 11.2. The minimum atomic E-state index is -0.845. The number of benzene rings is 2. The van der Waals surface area contributed by atoms with Gasteiger partial charge in [0.1, 0.15) is 11.6 Å². The largest absolute Gasteiger partial charge is 0.453 e. The maximum atomic E-state index is 14.1. The Bertz CT molecular complexity index is 1020. The van der Waals surface area contributed by atoms with Gasteiger partial charge < -0.3 is 15.4 Å². The Morgan fingerprint density at radius 3 is 2.66 bits per heavy atom. The average molecular weight is 402 g/mol. The van der Waals surface area contributed by atoms with Crippen LogP contribution in [0.3, 0.4) is 0 Å². The van der Waals surface area contributed by atoms with Crippen LogP contribution in [0.25, 0.3) is 10.9 Å². The predicted molar refractivity (Wildman–Crippen MR) is 107 cm³/mol. The van der Waals surface area contributed by atoms with E-state index in [1.165, 1.54) is 6.07 Å². The van der Waals surface area contributed by atoms with Crippen molar-refractivity contribution in [2.45, 2.75) is 20.4 Å². The molecule has 1 aromatic heterocycles. The number of fused-ring (bicyclic) bond motifs is 1. The molecule has 6 nitrogen and oxygen atoms in total. The molecular formula is C21H24F2N4O2. The van der Waals surface area contributed by atoms with Crippen LogP contribution in [-0.2, 0) is 6.54 Å². The highest BCUT2D eigenvalue weighted by molar-refractivity contribution is 6.01. The van der Waals surface area contributed by atoms with Gasteiger partial charge in [-0.05, 0) is 37.2 Å². The van der Waals surface area contributed by atoms with Crippen molar-refractivity contribution in [1.29, 1.82) is 0 Å². The van der Waals surface area contributed by atoms with Crippen LogP contribution in [0.1, 0.15) is 24.2 Å². The third kappa shape index (κ3) is 4.89. The number of likely N-dealkylation sites (N-methyl/N-ethyl adjacent to an activating group) is 1. The second-order valence-corrected chi connectivity index (χ2v) is 7.16. The van der Waals surface area contributed by atoms with E-state index in [1.807, 2.05) is 4.68 Å². The first-order chi connectivity index (χ1) is 13.9. The second-order valence-electron chi connectivity index (χ2n) is 7.16. The number of nitrogens with one attached hydrogen (secondary N) is 2. The van der Waals surface area contributed by atoms with Gasteiger partial charge in [0, 0.05) is 31.1 Å². The fraction of sp³-hybridized carbons (Fsp3) is 0.333. The molecule has 1 amide bonds. The Morgan fingerprint density at radius 2 is 1.97 bits per heavy atom. The van der Waals surface area contributed by atoms with Gasteiger partial charge in [-0.2, -0.15) is 5.10 Å². The summed E-state index contributed by atoms with van der Waals surface area (Å²) in [6, 6.07) is 6.37. The number of carbonyl (C=O) groups is 1. The smallest absolute Gasteiger partial charge is 0.255 e. The third-order valence-corrected chi connectivity index (χ3v) is 4.30. The Kier molecular flexibility index (Phi) is 6.43. The van der Waals surface area contributed by atoms with E-state index >= 15 is 0 Å². The number of amides is 1. The SMILES string of the molecule is CNCCNC(=O)c1cc2c(cnn2CC(C)C)cc1Oc1ccc(F)cc1F. The van der Waals surface area contributed by atoms with Crippen molar-refractivity contribution in [1.82, 2.24) is 20.4 Å². The van der Waals surface area contributed by atoms with Crippen LogP contribution in [0.2, 0.25) is 0 Å². The average Bonchev–Trinajstić information content (AvgIpc) is 3.04. The van der Waals surface area contributed by atoms with Crippen LogP contribution < -0.4 is 15.4 Å². The topological polar surface area (TPSA) is 68.2 Å². The van der Waals surface area contributed by atoms with Crippen LogP contribution in [0.5, 0.6) is 11.5 Å². The van der Waals surface area contributed by atoms with Gasteiger partial charge in [0.25, 0.3) is 5.91 Å². The van der Waals surface area contributed by atoms with Crippen LogP contribution in [0.15, 0.2) is 36.5 Å². The van der Waals surface area contributed by atoms with Gasteiger partial charge in [0.15, 0.2) is 11.6 Å². The quantitative estimate of drug-likeness (QED) is 0.564. The van der Waals surface area contributed by atoms with E-state index < -0.39 is 11.6 Å². The van der Waals surface area contributed by atoms with Crippen molar-refractivity contribution in [2.24, 2.45) is 5.92 Å². The van der Waals surface area contributed by atoms with Gasteiger partial charge >= 0.3 is 0 Å². The van der Waals surface area contributed by atoms with Crippen LogP contribution in [0.4, 0.5) is 8.78 Å². The number of hydrogen-bond donors (Lipinski definition) is 2. The molecule has 0 atom stereocenters. The van der Waals surface area contributed by atoms with Crippen LogP contribution in [-0.4, -0.2) is 35.8 Å². The molecule has 0 saturated heterocycles. The highest BCUT2D eigenvalue weighted by Gasteiger charge is 2.18. The van der Waals surface area contributed by atoms with E-state index in [0.717, 1.165) is 23.0 Å². The number of halogens is 2. The van der Waals surface area contributed by atoms with E-state index in [9.17, 15) is 13.6 Å². The summed E-state index contributed by atoms with van der Waals surface area (Å²) in [5, 5.41) is 10.9. The molecule has 2 N–H and O–H groups in total. The molecule has 0 radical (unpaired) electrons. The lowest BCUT2D eigenvalue weighted by Gasteiger charge is -2.14. The van der Waals surface area contributed by atoms with E-state index in [4.69, 9.17) is 4.74 Å². The fourth-order valence-electron chi connectivity index (χ4n) is 2.93. The van der Waals surface area contributed by atoms with Gasteiger partial charge in [-0.15, -0.1) is 0 Å². The van der Waals surface area contributed by atoms with Gasteiger partial charge in [-0.3, -0.25) is 9.48 Å². The first-order valence-corrected chi connectivity index (χ1v) is 9.44. The number of aromatic nitrogens is 2. The van der Waals surface area contributed by atoms with Gasteiger partial charge in [0.2, 0.25) is 0 Å². The molecule has 2 aromatic carbocycles. The molecule has 3 rings (SSSR count). The standard InChI is InChI=1S/C21H24F2N4O2/c1-13(2)12-27-18-10-16(21(28)25-7-6-24-3)20(8-14(18)11-26-27)29-19-5-4-15(22)9-17(19)23/h4-5,8-11,13,24H,6-7,12H2,1-3H3,(H,25,28). The number of ether oxygens (including phenoxy) is 1.